The monoisotopic (exact) mass is 281 g/mol. The average Bonchev–Trinajstić information content (AvgIpc) is 2.71. The molecule has 1 atom stereocenters. The number of benzene rings is 1. The predicted molar refractivity (Wildman–Crippen MR) is 71.7 cm³/mol. The maximum Gasteiger partial charge on any atom is 0.307 e. The summed E-state index contributed by atoms with van der Waals surface area (Å²) < 4.78 is 4.67. The van der Waals surface area contributed by atoms with Crippen molar-refractivity contribution in [2.24, 2.45) is 0 Å². The highest BCUT2D eigenvalue weighted by atomic mass is 35.5. The molecule has 1 saturated heterocycles. The van der Waals surface area contributed by atoms with Crippen molar-refractivity contribution in [1.82, 2.24) is 4.90 Å². The second kappa shape index (κ2) is 6.06. The largest absolute Gasteiger partial charge is 0.469 e. The van der Waals surface area contributed by atoms with Crippen LogP contribution < -0.4 is 0 Å². The fourth-order valence-corrected chi connectivity index (χ4v) is 2.54. The number of ether oxygens (including phenoxy) is 1. The molecule has 4 nitrogen and oxygen atoms in total. The number of methoxy groups -OCH3 is 1. The summed E-state index contributed by atoms with van der Waals surface area (Å²) in [6, 6.07) is 7.34. The second-order valence-electron chi connectivity index (χ2n) is 4.62. The molecule has 0 spiro atoms. The van der Waals surface area contributed by atoms with Crippen molar-refractivity contribution < 1.29 is 14.3 Å². The minimum absolute atomic E-state index is 0.0704. The van der Waals surface area contributed by atoms with E-state index in [1.54, 1.807) is 11.0 Å². The molecule has 0 radical (unpaired) electrons. The van der Waals surface area contributed by atoms with Crippen molar-refractivity contribution in [1.29, 1.82) is 0 Å². The summed E-state index contributed by atoms with van der Waals surface area (Å²) in [4.78, 5) is 25.0. The molecule has 1 aromatic rings. The van der Waals surface area contributed by atoms with Crippen molar-refractivity contribution >= 4 is 23.5 Å². The number of nitrogens with zero attached hydrogens (tertiary/aromatic N) is 1. The number of hydrogen-bond donors (Lipinski definition) is 0. The Morgan fingerprint density at radius 2 is 2.32 bits per heavy atom. The van der Waals surface area contributed by atoms with Gasteiger partial charge in [0, 0.05) is 24.0 Å². The molecule has 1 amide bonds. The lowest BCUT2D eigenvalue weighted by Crippen LogP contribution is -2.34. The van der Waals surface area contributed by atoms with Crippen LogP contribution in [0.5, 0.6) is 0 Å². The third-order valence-electron chi connectivity index (χ3n) is 3.32. The molecule has 19 heavy (non-hydrogen) atoms. The van der Waals surface area contributed by atoms with E-state index < -0.39 is 0 Å². The molecule has 0 bridgehead atoms. The summed E-state index contributed by atoms with van der Waals surface area (Å²) in [6.07, 6.45) is 1.44. The number of halogens is 1. The molecule has 2 rings (SSSR count). The average molecular weight is 282 g/mol. The van der Waals surface area contributed by atoms with Gasteiger partial charge in [-0.15, -0.1) is 0 Å². The number of esters is 1. The van der Waals surface area contributed by atoms with Crippen LogP contribution >= 0.6 is 11.6 Å². The van der Waals surface area contributed by atoms with Crippen LogP contribution in [0.3, 0.4) is 0 Å². The Labute approximate surface area is 117 Å². The smallest absolute Gasteiger partial charge is 0.307 e. The van der Waals surface area contributed by atoms with Gasteiger partial charge in [0.25, 0.3) is 0 Å². The molecule has 1 aliphatic rings. The number of hydrogen-bond acceptors (Lipinski definition) is 3. The number of likely N-dealkylation sites (tertiary alicyclic amines) is 1. The van der Waals surface area contributed by atoms with Crippen molar-refractivity contribution in [3.05, 3.63) is 34.9 Å². The van der Waals surface area contributed by atoms with Gasteiger partial charge in [-0.1, -0.05) is 23.7 Å². The summed E-state index contributed by atoms with van der Waals surface area (Å²) >= 11 is 5.93. The third kappa shape index (κ3) is 3.47. The number of amides is 1. The van der Waals surface area contributed by atoms with Crippen molar-refractivity contribution in [3.8, 4) is 0 Å². The zero-order valence-electron chi connectivity index (χ0n) is 10.8. The Bertz CT molecular complexity index is 489. The van der Waals surface area contributed by atoms with Gasteiger partial charge >= 0.3 is 5.97 Å². The SMILES string of the molecule is COC(=O)C[C@@H]1CCC(=O)N1Cc1cccc(Cl)c1. The highest BCUT2D eigenvalue weighted by Crippen LogP contribution is 2.24. The molecule has 102 valence electrons. The van der Waals surface area contributed by atoms with Gasteiger partial charge in [0.15, 0.2) is 0 Å². The first kappa shape index (κ1) is 13.9. The van der Waals surface area contributed by atoms with Crippen LogP contribution in [-0.2, 0) is 20.9 Å². The first-order valence-electron chi connectivity index (χ1n) is 6.21. The minimum Gasteiger partial charge on any atom is -0.469 e. The van der Waals surface area contributed by atoms with E-state index in [9.17, 15) is 9.59 Å². The van der Waals surface area contributed by atoms with E-state index in [1.165, 1.54) is 7.11 Å². The van der Waals surface area contributed by atoms with Crippen LogP contribution in [0, 0.1) is 0 Å². The number of carbonyl (C=O) groups is 2. The van der Waals surface area contributed by atoms with E-state index >= 15 is 0 Å². The topological polar surface area (TPSA) is 46.6 Å². The van der Waals surface area contributed by atoms with Crippen LogP contribution in [0.15, 0.2) is 24.3 Å². The van der Waals surface area contributed by atoms with Gasteiger partial charge in [-0.25, -0.2) is 0 Å². The van der Waals surface area contributed by atoms with E-state index in [-0.39, 0.29) is 24.3 Å². The van der Waals surface area contributed by atoms with E-state index in [2.05, 4.69) is 4.74 Å². The van der Waals surface area contributed by atoms with Crippen LogP contribution in [0.4, 0.5) is 0 Å². The predicted octanol–water partition coefficient (Wildman–Crippen LogP) is 2.39. The fraction of sp³-hybridized carbons (Fsp3) is 0.429. The molecule has 1 aliphatic heterocycles. The van der Waals surface area contributed by atoms with Gasteiger partial charge in [-0.3, -0.25) is 9.59 Å². The van der Waals surface area contributed by atoms with Gasteiger partial charge in [-0.2, -0.15) is 0 Å². The van der Waals surface area contributed by atoms with Gasteiger partial charge in [-0.05, 0) is 24.1 Å². The summed E-state index contributed by atoms with van der Waals surface area (Å²) in [6.45, 7) is 0.487. The lowest BCUT2D eigenvalue weighted by atomic mass is 10.1. The van der Waals surface area contributed by atoms with Gasteiger partial charge in [0.05, 0.1) is 13.5 Å². The van der Waals surface area contributed by atoms with Crippen molar-refractivity contribution in [2.75, 3.05) is 7.11 Å². The number of carbonyl (C=O) groups excluding carboxylic acids is 2. The molecule has 5 heteroatoms. The zero-order chi connectivity index (χ0) is 13.8. The minimum atomic E-state index is -0.282. The Kier molecular flexibility index (Phi) is 4.43. The molecule has 0 aliphatic carbocycles. The van der Waals surface area contributed by atoms with Crippen LogP contribution in [-0.4, -0.2) is 29.9 Å². The highest BCUT2D eigenvalue weighted by molar-refractivity contribution is 6.30. The molecule has 0 saturated carbocycles. The molecular formula is C14H16ClNO3. The van der Waals surface area contributed by atoms with Crippen LogP contribution in [0.2, 0.25) is 5.02 Å². The molecule has 0 unspecified atom stereocenters. The standard InChI is InChI=1S/C14H16ClNO3/c1-19-14(18)8-12-5-6-13(17)16(12)9-10-3-2-4-11(15)7-10/h2-4,7,12H,5-6,8-9H2,1H3/t12-/m0/s1. The number of rotatable bonds is 4. The molecular weight excluding hydrogens is 266 g/mol. The summed E-state index contributed by atoms with van der Waals surface area (Å²) in [5.74, 6) is -0.204. The van der Waals surface area contributed by atoms with Crippen LogP contribution in [0.1, 0.15) is 24.8 Å². The molecule has 0 aromatic heterocycles. The molecule has 1 fully saturated rings. The molecule has 1 aromatic carbocycles. The summed E-state index contributed by atoms with van der Waals surface area (Å²) in [7, 11) is 1.36. The lowest BCUT2D eigenvalue weighted by Gasteiger charge is -2.24. The van der Waals surface area contributed by atoms with E-state index in [0.717, 1.165) is 5.56 Å². The van der Waals surface area contributed by atoms with E-state index in [4.69, 9.17) is 11.6 Å². The van der Waals surface area contributed by atoms with E-state index in [0.29, 0.717) is 24.4 Å². The fourth-order valence-electron chi connectivity index (χ4n) is 2.33. The quantitative estimate of drug-likeness (QED) is 0.796. The zero-order valence-corrected chi connectivity index (χ0v) is 11.5. The normalized spacial score (nSPS) is 18.7. The van der Waals surface area contributed by atoms with E-state index in [1.807, 2.05) is 18.2 Å². The Morgan fingerprint density at radius 3 is 3.00 bits per heavy atom. The van der Waals surface area contributed by atoms with Gasteiger partial charge in [0.2, 0.25) is 5.91 Å². The highest BCUT2D eigenvalue weighted by Gasteiger charge is 2.32. The van der Waals surface area contributed by atoms with Crippen molar-refractivity contribution in [3.63, 3.8) is 0 Å². The molecule has 1 heterocycles. The van der Waals surface area contributed by atoms with Crippen molar-refractivity contribution in [2.45, 2.75) is 31.8 Å². The first-order chi connectivity index (χ1) is 9.10. The third-order valence-corrected chi connectivity index (χ3v) is 3.56. The Hall–Kier alpha value is -1.55. The second-order valence-corrected chi connectivity index (χ2v) is 5.06. The maximum absolute atomic E-state index is 11.9. The Morgan fingerprint density at radius 1 is 1.53 bits per heavy atom. The van der Waals surface area contributed by atoms with Crippen LogP contribution in [0.25, 0.3) is 0 Å². The summed E-state index contributed by atoms with van der Waals surface area (Å²) in [5.41, 5.74) is 0.970. The maximum atomic E-state index is 11.9. The molecule has 0 N–H and O–H groups in total. The first-order valence-corrected chi connectivity index (χ1v) is 6.58. The lowest BCUT2D eigenvalue weighted by molar-refractivity contribution is -0.142. The van der Waals surface area contributed by atoms with Gasteiger partial charge < -0.3 is 9.64 Å². The summed E-state index contributed by atoms with van der Waals surface area (Å²) in [5, 5.41) is 0.647. The van der Waals surface area contributed by atoms with Gasteiger partial charge in [0.1, 0.15) is 0 Å². The Balaban J connectivity index is 2.07.